The maximum atomic E-state index is 4.85. The Morgan fingerprint density at radius 2 is 1.67 bits per heavy atom. The number of hydrogen-bond acceptors (Lipinski definition) is 2. The fourth-order valence-electron chi connectivity index (χ4n) is 0.499. The molecule has 0 aliphatic carbocycles. The van der Waals surface area contributed by atoms with Gasteiger partial charge in [0.2, 0.25) is 0 Å². The van der Waals surface area contributed by atoms with E-state index in [4.69, 9.17) is 5.90 Å². The van der Waals surface area contributed by atoms with Crippen LogP contribution in [0.1, 0.15) is 0 Å². The predicted octanol–water partition coefficient (Wildman–Crippen LogP) is 0.937. The third-order valence-electron chi connectivity index (χ3n) is 0.879. The second-order valence-electron chi connectivity index (χ2n) is 1.43. The number of rotatable bonds is 1. The largest absolute Gasteiger partial charge is 0.412 e. The normalized spacial score (nSPS) is 7.67. The number of para-hydroxylation sites is 1. The van der Waals surface area contributed by atoms with Crippen molar-refractivity contribution in [3.63, 3.8) is 0 Å². The van der Waals surface area contributed by atoms with Crippen molar-refractivity contribution in [3.05, 3.63) is 30.3 Å². The molecule has 1 aromatic carbocycles. The van der Waals surface area contributed by atoms with Crippen molar-refractivity contribution in [3.8, 4) is 5.75 Å². The molecule has 0 saturated carbocycles. The molecule has 3 heteroatoms. The summed E-state index contributed by atoms with van der Waals surface area (Å²) in [5.41, 5.74) is 0. The van der Waals surface area contributed by atoms with E-state index in [0.717, 1.165) is 0 Å². The van der Waals surface area contributed by atoms with E-state index in [1.165, 1.54) is 0 Å². The maximum Gasteiger partial charge on any atom is 0.146 e. The molecule has 0 amide bonds. The number of benzene rings is 1. The van der Waals surface area contributed by atoms with Crippen LogP contribution in [0, 0.1) is 0 Å². The minimum Gasteiger partial charge on any atom is -0.412 e. The Morgan fingerprint density at radius 1 is 1.11 bits per heavy atom. The van der Waals surface area contributed by atoms with Gasteiger partial charge in [0.05, 0.1) is 0 Å². The van der Waals surface area contributed by atoms with Gasteiger partial charge in [-0.15, -0.1) is 0 Å². The van der Waals surface area contributed by atoms with Crippen molar-refractivity contribution >= 4 is 0 Å². The summed E-state index contributed by atoms with van der Waals surface area (Å²) < 4.78 is 0. The summed E-state index contributed by atoms with van der Waals surface area (Å²) in [6.07, 6.45) is 0. The van der Waals surface area contributed by atoms with Crippen LogP contribution < -0.4 is 10.7 Å². The molecule has 1 aromatic rings. The van der Waals surface area contributed by atoms with Crippen LogP contribution in [0.25, 0.3) is 0 Å². The Hall–Kier alpha value is -0.137. The zero-order chi connectivity index (χ0) is 5.82. The molecule has 2 N–H and O–H groups in total. The van der Waals surface area contributed by atoms with Gasteiger partial charge in [-0.1, -0.05) is 18.2 Å². The van der Waals surface area contributed by atoms with Gasteiger partial charge >= 0.3 is 0 Å². The Kier molecular flexibility index (Phi) is 4.64. The Labute approximate surface area is 73.1 Å². The molecule has 2 nitrogen and oxygen atoms in total. The third-order valence-corrected chi connectivity index (χ3v) is 0.879. The van der Waals surface area contributed by atoms with E-state index in [9.17, 15) is 0 Å². The van der Waals surface area contributed by atoms with E-state index < -0.39 is 0 Å². The molecule has 0 aliphatic heterocycles. The van der Waals surface area contributed by atoms with Crippen LogP contribution in [0.5, 0.6) is 5.75 Å². The monoisotopic (exact) mass is 199 g/mol. The van der Waals surface area contributed by atoms with E-state index in [2.05, 4.69) is 4.84 Å². The molecule has 0 heterocycles. The van der Waals surface area contributed by atoms with Gasteiger partial charge in [-0.2, -0.15) is 5.90 Å². The Morgan fingerprint density at radius 3 is 2.00 bits per heavy atom. The smallest absolute Gasteiger partial charge is 0.146 e. The summed E-state index contributed by atoms with van der Waals surface area (Å²) in [4.78, 5) is 4.41. The number of nitrogens with two attached hydrogens (primary N) is 1. The summed E-state index contributed by atoms with van der Waals surface area (Å²) in [6, 6.07) is 9.22. The van der Waals surface area contributed by atoms with Gasteiger partial charge in [0.1, 0.15) is 5.75 Å². The summed E-state index contributed by atoms with van der Waals surface area (Å²) in [5.74, 6) is 5.54. The van der Waals surface area contributed by atoms with E-state index in [-0.39, 0.29) is 26.2 Å². The van der Waals surface area contributed by atoms with Gasteiger partial charge in [0, 0.05) is 26.2 Å². The first kappa shape index (κ1) is 8.86. The fourth-order valence-corrected chi connectivity index (χ4v) is 0.499. The molecule has 0 saturated heterocycles. The quantitative estimate of drug-likeness (QED) is 0.685. The first-order valence-electron chi connectivity index (χ1n) is 2.35. The van der Waals surface area contributed by atoms with Gasteiger partial charge in [-0.25, -0.2) is 0 Å². The maximum absolute atomic E-state index is 4.85. The molecular formula is C6H7NOZr. The molecule has 0 atom stereocenters. The molecule has 0 fully saturated rings. The van der Waals surface area contributed by atoms with Crippen LogP contribution in [-0.4, -0.2) is 0 Å². The van der Waals surface area contributed by atoms with Crippen molar-refractivity contribution in [1.29, 1.82) is 0 Å². The van der Waals surface area contributed by atoms with Gasteiger partial charge in [-0.05, 0) is 12.1 Å². The van der Waals surface area contributed by atoms with E-state index in [0.29, 0.717) is 5.75 Å². The predicted molar refractivity (Wildman–Crippen MR) is 31.3 cm³/mol. The van der Waals surface area contributed by atoms with Gasteiger partial charge in [-0.3, -0.25) is 0 Å². The third kappa shape index (κ3) is 2.78. The van der Waals surface area contributed by atoms with Crippen molar-refractivity contribution in [2.75, 3.05) is 0 Å². The summed E-state index contributed by atoms with van der Waals surface area (Å²) >= 11 is 0. The molecule has 0 aromatic heterocycles. The van der Waals surface area contributed by atoms with Gasteiger partial charge in [0.15, 0.2) is 0 Å². The summed E-state index contributed by atoms with van der Waals surface area (Å²) in [5, 5.41) is 0. The van der Waals surface area contributed by atoms with E-state index in [1.54, 1.807) is 12.1 Å². The van der Waals surface area contributed by atoms with E-state index >= 15 is 0 Å². The van der Waals surface area contributed by atoms with Gasteiger partial charge < -0.3 is 4.84 Å². The second-order valence-corrected chi connectivity index (χ2v) is 1.43. The van der Waals surface area contributed by atoms with Crippen LogP contribution in [0.2, 0.25) is 0 Å². The van der Waals surface area contributed by atoms with Crippen LogP contribution in [0.3, 0.4) is 0 Å². The van der Waals surface area contributed by atoms with Crippen LogP contribution in [-0.2, 0) is 26.2 Å². The van der Waals surface area contributed by atoms with Gasteiger partial charge in [0.25, 0.3) is 0 Å². The first-order chi connectivity index (χ1) is 3.93. The molecule has 0 radical (unpaired) electrons. The SMILES string of the molecule is NOc1ccccc1.[Zr]. The van der Waals surface area contributed by atoms with Crippen LogP contribution >= 0.6 is 0 Å². The second kappa shape index (κ2) is 4.71. The molecule has 0 unspecified atom stereocenters. The molecule has 1 rings (SSSR count). The topological polar surface area (TPSA) is 35.2 Å². The van der Waals surface area contributed by atoms with Crippen molar-refractivity contribution in [2.24, 2.45) is 5.90 Å². The van der Waals surface area contributed by atoms with E-state index in [1.807, 2.05) is 18.2 Å². The number of hydrogen-bond donors (Lipinski definition) is 1. The minimum atomic E-state index is 0. The molecule has 46 valence electrons. The van der Waals surface area contributed by atoms with Crippen LogP contribution in [0.15, 0.2) is 30.3 Å². The Bertz CT molecular complexity index is 154. The van der Waals surface area contributed by atoms with Crippen molar-refractivity contribution < 1.29 is 31.0 Å². The zero-order valence-corrected chi connectivity index (χ0v) is 7.33. The first-order valence-corrected chi connectivity index (χ1v) is 2.35. The minimum absolute atomic E-state index is 0. The van der Waals surface area contributed by atoms with Crippen molar-refractivity contribution in [2.45, 2.75) is 0 Å². The molecule has 9 heavy (non-hydrogen) atoms. The summed E-state index contributed by atoms with van der Waals surface area (Å²) in [6.45, 7) is 0. The molecule has 0 spiro atoms. The average Bonchev–Trinajstić information content (AvgIpc) is 1.90. The molecular weight excluding hydrogens is 193 g/mol. The van der Waals surface area contributed by atoms with Crippen LogP contribution in [0.4, 0.5) is 0 Å². The average molecular weight is 200 g/mol. The Balaban J connectivity index is 0.000000640. The van der Waals surface area contributed by atoms with Crippen molar-refractivity contribution in [1.82, 2.24) is 0 Å². The summed E-state index contributed by atoms with van der Waals surface area (Å²) in [7, 11) is 0. The fraction of sp³-hybridized carbons (Fsp3) is 0. The molecule has 0 bridgehead atoms. The zero-order valence-electron chi connectivity index (χ0n) is 4.87. The standard InChI is InChI=1S/C6H7NO.Zr/c7-8-6-4-2-1-3-5-6;/h1-5H,7H2;. The molecule has 0 aliphatic rings.